The number of aryl methyl sites for hydroxylation is 1. The first-order valence-corrected chi connectivity index (χ1v) is 11.1. The molecule has 4 rings (SSSR count). The Morgan fingerprint density at radius 3 is 2.52 bits per heavy atom. The van der Waals surface area contributed by atoms with Crippen molar-refractivity contribution in [1.82, 2.24) is 0 Å². The fourth-order valence-corrected chi connectivity index (χ4v) is 6.40. The Hall–Kier alpha value is -2.15. The van der Waals surface area contributed by atoms with E-state index in [-0.39, 0.29) is 21.6 Å². The van der Waals surface area contributed by atoms with E-state index in [2.05, 4.69) is 5.32 Å². The average Bonchev–Trinajstić information content (AvgIpc) is 3.06. The number of carbonyl (C=O) groups excluding carboxylic acids is 1. The minimum absolute atomic E-state index is 0.136. The zero-order valence-corrected chi connectivity index (χ0v) is 16.8. The minimum atomic E-state index is -3.76. The second-order valence-electron chi connectivity index (χ2n) is 6.46. The van der Waals surface area contributed by atoms with E-state index in [9.17, 15) is 13.2 Å². The van der Waals surface area contributed by atoms with E-state index in [0.717, 1.165) is 16.0 Å². The van der Waals surface area contributed by atoms with Gasteiger partial charge in [0.25, 0.3) is 0 Å². The summed E-state index contributed by atoms with van der Waals surface area (Å²) in [5.74, 6) is -0.323. The number of rotatable bonds is 3. The molecule has 1 aromatic heterocycles. The van der Waals surface area contributed by atoms with Crippen molar-refractivity contribution in [1.29, 1.82) is 0 Å². The van der Waals surface area contributed by atoms with Crippen LogP contribution in [-0.4, -0.2) is 14.3 Å². The summed E-state index contributed by atoms with van der Waals surface area (Å²) < 4.78 is 26.2. The molecule has 0 unspecified atom stereocenters. The standard InChI is InChI=1S/C20H16ClNO3S2/c1-12-4-2-3-5-15(12)16-10-18(23)22-19-17(11-26-20(16)19)27(24,25)14-8-6-13(21)7-9-14/h2-9,11,16H,10H2,1H3,(H,22,23)/t16-/m1/s1. The van der Waals surface area contributed by atoms with Crippen molar-refractivity contribution in [3.63, 3.8) is 0 Å². The first-order valence-electron chi connectivity index (χ1n) is 8.35. The number of carbonyl (C=O) groups is 1. The maximum Gasteiger partial charge on any atom is 0.225 e. The quantitative estimate of drug-likeness (QED) is 0.651. The Morgan fingerprint density at radius 1 is 1.11 bits per heavy atom. The average molecular weight is 418 g/mol. The number of anilines is 1. The van der Waals surface area contributed by atoms with Crippen LogP contribution in [0, 0.1) is 6.92 Å². The van der Waals surface area contributed by atoms with Gasteiger partial charge in [-0.15, -0.1) is 11.3 Å². The summed E-state index contributed by atoms with van der Waals surface area (Å²) in [7, 11) is -3.76. The van der Waals surface area contributed by atoms with Crippen LogP contribution in [-0.2, 0) is 14.6 Å². The second-order valence-corrected chi connectivity index (χ2v) is 9.72. The molecule has 2 heterocycles. The highest BCUT2D eigenvalue weighted by atomic mass is 35.5. The van der Waals surface area contributed by atoms with Crippen molar-refractivity contribution in [2.45, 2.75) is 29.1 Å². The number of sulfone groups is 1. The molecule has 3 aromatic rings. The van der Waals surface area contributed by atoms with Crippen molar-refractivity contribution in [2.24, 2.45) is 0 Å². The summed E-state index contributed by atoms with van der Waals surface area (Å²) in [5.41, 5.74) is 2.53. The van der Waals surface area contributed by atoms with Crippen molar-refractivity contribution in [2.75, 3.05) is 5.32 Å². The summed E-state index contributed by atoms with van der Waals surface area (Å²) >= 11 is 7.24. The number of hydrogen-bond acceptors (Lipinski definition) is 4. The smallest absolute Gasteiger partial charge is 0.225 e. The van der Waals surface area contributed by atoms with Crippen LogP contribution in [0.2, 0.25) is 5.02 Å². The predicted molar refractivity (Wildman–Crippen MR) is 107 cm³/mol. The van der Waals surface area contributed by atoms with Crippen LogP contribution in [0.5, 0.6) is 0 Å². The Bertz CT molecular complexity index is 1130. The molecule has 1 atom stereocenters. The molecule has 0 saturated carbocycles. The maximum absolute atomic E-state index is 13.1. The van der Waals surface area contributed by atoms with Gasteiger partial charge in [0.15, 0.2) is 0 Å². The number of amides is 1. The summed E-state index contributed by atoms with van der Waals surface area (Å²) in [6.07, 6.45) is 0.304. The molecule has 1 aliphatic rings. The van der Waals surface area contributed by atoms with Crippen LogP contribution in [0.3, 0.4) is 0 Å². The topological polar surface area (TPSA) is 63.2 Å². The molecule has 0 radical (unpaired) electrons. The van der Waals surface area contributed by atoms with E-state index in [1.165, 1.54) is 23.5 Å². The summed E-state index contributed by atoms with van der Waals surface area (Å²) in [6, 6.07) is 13.9. The first kappa shape index (κ1) is 18.2. The monoisotopic (exact) mass is 417 g/mol. The zero-order valence-electron chi connectivity index (χ0n) is 14.4. The molecule has 27 heavy (non-hydrogen) atoms. The Balaban J connectivity index is 1.85. The molecule has 138 valence electrons. The second kappa shape index (κ2) is 6.78. The number of benzene rings is 2. The van der Waals surface area contributed by atoms with Crippen LogP contribution in [0.15, 0.2) is 63.7 Å². The third-order valence-electron chi connectivity index (χ3n) is 4.73. The molecule has 4 nitrogen and oxygen atoms in total. The van der Waals surface area contributed by atoms with Gasteiger partial charge in [0.05, 0.1) is 10.6 Å². The highest BCUT2D eigenvalue weighted by molar-refractivity contribution is 7.91. The largest absolute Gasteiger partial charge is 0.324 e. The summed E-state index contributed by atoms with van der Waals surface area (Å²) in [5, 5.41) is 4.86. The Labute approximate surface area is 166 Å². The molecule has 0 aliphatic carbocycles. The zero-order chi connectivity index (χ0) is 19.2. The van der Waals surface area contributed by atoms with Gasteiger partial charge in [0.1, 0.15) is 4.90 Å². The van der Waals surface area contributed by atoms with Crippen LogP contribution < -0.4 is 5.32 Å². The van der Waals surface area contributed by atoms with Crippen molar-refractivity contribution >= 4 is 44.4 Å². The minimum Gasteiger partial charge on any atom is -0.324 e. The fourth-order valence-electron chi connectivity index (χ4n) is 3.37. The highest BCUT2D eigenvalue weighted by Gasteiger charge is 2.34. The molecule has 0 fully saturated rings. The van der Waals surface area contributed by atoms with E-state index < -0.39 is 9.84 Å². The van der Waals surface area contributed by atoms with E-state index in [4.69, 9.17) is 11.6 Å². The fraction of sp³-hybridized carbons (Fsp3) is 0.150. The van der Waals surface area contributed by atoms with Gasteiger partial charge in [-0.25, -0.2) is 8.42 Å². The lowest BCUT2D eigenvalue weighted by molar-refractivity contribution is -0.116. The Kier molecular flexibility index (Phi) is 4.58. The van der Waals surface area contributed by atoms with Crippen molar-refractivity contribution in [3.05, 3.63) is 74.9 Å². The van der Waals surface area contributed by atoms with E-state index in [1.807, 2.05) is 31.2 Å². The highest BCUT2D eigenvalue weighted by Crippen LogP contribution is 2.46. The molecule has 1 N–H and O–H groups in total. The molecule has 7 heteroatoms. The number of nitrogens with one attached hydrogen (secondary N) is 1. The molecule has 0 saturated heterocycles. The van der Waals surface area contributed by atoms with Crippen LogP contribution >= 0.6 is 22.9 Å². The number of fused-ring (bicyclic) bond motifs is 1. The molecule has 1 amide bonds. The van der Waals surface area contributed by atoms with Gasteiger partial charge < -0.3 is 5.32 Å². The van der Waals surface area contributed by atoms with Gasteiger partial charge in [-0.1, -0.05) is 35.9 Å². The first-order chi connectivity index (χ1) is 12.9. The van der Waals surface area contributed by atoms with Gasteiger partial charge in [0.2, 0.25) is 15.7 Å². The molecular formula is C20H16ClNO3S2. The predicted octanol–water partition coefficient (Wildman–Crippen LogP) is 5.02. The van der Waals surface area contributed by atoms with E-state index in [1.54, 1.807) is 17.5 Å². The number of thiophene rings is 1. The molecule has 2 aromatic carbocycles. The lowest BCUT2D eigenvalue weighted by Gasteiger charge is -2.25. The molecule has 0 spiro atoms. The van der Waals surface area contributed by atoms with Crippen molar-refractivity contribution in [3.8, 4) is 0 Å². The lowest BCUT2D eigenvalue weighted by atomic mass is 9.88. The van der Waals surface area contributed by atoms with Gasteiger partial charge in [-0.05, 0) is 42.3 Å². The van der Waals surface area contributed by atoms with Gasteiger partial charge in [-0.3, -0.25) is 4.79 Å². The van der Waals surface area contributed by atoms with Crippen LogP contribution in [0.4, 0.5) is 5.69 Å². The maximum atomic E-state index is 13.1. The van der Waals surface area contributed by atoms with Crippen LogP contribution in [0.25, 0.3) is 0 Å². The molecular weight excluding hydrogens is 402 g/mol. The third-order valence-corrected chi connectivity index (χ3v) is 8.02. The van der Waals surface area contributed by atoms with E-state index >= 15 is 0 Å². The SMILES string of the molecule is Cc1ccccc1[C@H]1CC(=O)Nc2c(S(=O)(=O)c3ccc(Cl)cc3)csc21. The Morgan fingerprint density at radius 2 is 1.81 bits per heavy atom. The van der Waals surface area contributed by atoms with Gasteiger partial charge >= 0.3 is 0 Å². The molecule has 1 aliphatic heterocycles. The van der Waals surface area contributed by atoms with Crippen LogP contribution in [0.1, 0.15) is 28.3 Å². The summed E-state index contributed by atoms with van der Waals surface area (Å²) in [4.78, 5) is 13.5. The number of halogens is 1. The van der Waals surface area contributed by atoms with Gasteiger partial charge in [0, 0.05) is 27.6 Å². The molecule has 0 bridgehead atoms. The van der Waals surface area contributed by atoms with E-state index in [0.29, 0.717) is 17.1 Å². The van der Waals surface area contributed by atoms with Crippen molar-refractivity contribution < 1.29 is 13.2 Å². The van der Waals surface area contributed by atoms with Gasteiger partial charge in [-0.2, -0.15) is 0 Å². The lowest BCUT2D eigenvalue weighted by Crippen LogP contribution is -2.23. The normalized spacial score (nSPS) is 16.7. The summed E-state index contributed by atoms with van der Waals surface area (Å²) in [6.45, 7) is 2.00. The number of hydrogen-bond donors (Lipinski definition) is 1. The third kappa shape index (κ3) is 3.18.